The summed E-state index contributed by atoms with van der Waals surface area (Å²) in [6.07, 6.45) is 1.09. The topological polar surface area (TPSA) is 89.0 Å². The number of methoxy groups -OCH3 is 1. The van der Waals surface area contributed by atoms with Gasteiger partial charge in [0.25, 0.3) is 0 Å². The van der Waals surface area contributed by atoms with E-state index in [0.717, 1.165) is 14.7 Å². The molecule has 0 bridgehead atoms. The molecule has 34 heavy (non-hydrogen) atoms. The molecule has 0 aromatic heterocycles. The second-order valence-corrected chi connectivity index (χ2v) is 8.86. The summed E-state index contributed by atoms with van der Waals surface area (Å²) in [6.45, 7) is 2.27. The van der Waals surface area contributed by atoms with Crippen molar-refractivity contribution in [3.8, 4) is 11.5 Å². The summed E-state index contributed by atoms with van der Waals surface area (Å²) in [6, 6.07) is 18.6. The van der Waals surface area contributed by atoms with Crippen molar-refractivity contribution >= 4 is 57.9 Å². The lowest BCUT2D eigenvalue weighted by Gasteiger charge is -2.13. The number of hydrazone groups is 1. The molecule has 3 aromatic carbocycles. The van der Waals surface area contributed by atoms with Crippen molar-refractivity contribution in [1.82, 2.24) is 5.43 Å². The largest absolute Gasteiger partial charge is 0.493 e. The van der Waals surface area contributed by atoms with Gasteiger partial charge < -0.3 is 14.8 Å². The Morgan fingerprint density at radius 1 is 1.09 bits per heavy atom. The maximum absolute atomic E-state index is 12.1. The highest BCUT2D eigenvalue weighted by atomic mass is 127. The molecule has 0 unspecified atom stereocenters. The van der Waals surface area contributed by atoms with E-state index in [4.69, 9.17) is 21.1 Å². The van der Waals surface area contributed by atoms with Crippen molar-refractivity contribution in [2.24, 2.45) is 5.10 Å². The molecule has 7 nitrogen and oxygen atoms in total. The summed E-state index contributed by atoms with van der Waals surface area (Å²) in [4.78, 5) is 24.1. The molecule has 2 amide bonds. The van der Waals surface area contributed by atoms with Gasteiger partial charge >= 0.3 is 0 Å². The van der Waals surface area contributed by atoms with Crippen LogP contribution in [0.3, 0.4) is 0 Å². The van der Waals surface area contributed by atoms with Crippen LogP contribution in [0.4, 0.5) is 5.69 Å². The molecule has 0 aliphatic rings. The lowest BCUT2D eigenvalue weighted by atomic mass is 10.2. The van der Waals surface area contributed by atoms with Gasteiger partial charge in [-0.1, -0.05) is 48.0 Å². The molecule has 9 heteroatoms. The molecule has 3 aromatic rings. The smallest absolute Gasteiger partial charge is 0.249 e. The molecule has 0 heterocycles. The van der Waals surface area contributed by atoms with E-state index in [1.807, 2.05) is 43.3 Å². The van der Waals surface area contributed by atoms with Crippen molar-refractivity contribution in [1.29, 1.82) is 0 Å². The van der Waals surface area contributed by atoms with Gasteiger partial charge in [0.1, 0.15) is 13.0 Å². The number of hydrogen-bond donors (Lipinski definition) is 2. The van der Waals surface area contributed by atoms with E-state index in [1.165, 1.54) is 6.21 Å². The highest BCUT2D eigenvalue weighted by Gasteiger charge is 2.12. The molecule has 0 spiro atoms. The Kier molecular flexibility index (Phi) is 9.29. The number of hydrogen-bond acceptors (Lipinski definition) is 5. The summed E-state index contributed by atoms with van der Waals surface area (Å²) < 4.78 is 12.2. The third-order valence-corrected chi connectivity index (χ3v) is 5.87. The van der Waals surface area contributed by atoms with Gasteiger partial charge in [-0.25, -0.2) is 5.43 Å². The summed E-state index contributed by atoms with van der Waals surface area (Å²) in [5.74, 6) is 0.160. The first kappa shape index (κ1) is 25.5. The summed E-state index contributed by atoms with van der Waals surface area (Å²) in [7, 11) is 1.56. The zero-order valence-electron chi connectivity index (χ0n) is 18.6. The molecule has 0 aliphatic heterocycles. The number of anilines is 1. The fourth-order valence-electron chi connectivity index (χ4n) is 2.92. The molecule has 2 N–H and O–H groups in total. The van der Waals surface area contributed by atoms with Gasteiger partial charge in [0.05, 0.1) is 16.9 Å². The monoisotopic (exact) mass is 591 g/mol. The maximum atomic E-state index is 12.1. The Labute approximate surface area is 216 Å². The van der Waals surface area contributed by atoms with Gasteiger partial charge in [-0.05, 0) is 70.5 Å². The number of nitrogens with zero attached hydrogens (tertiary/aromatic N) is 1. The molecule has 0 saturated heterocycles. The number of rotatable bonds is 9. The van der Waals surface area contributed by atoms with E-state index in [2.05, 4.69) is 38.4 Å². The van der Waals surface area contributed by atoms with Crippen LogP contribution in [0.1, 0.15) is 23.1 Å². The fraction of sp³-hybridized carbons (Fsp3) is 0.160. The van der Waals surface area contributed by atoms with Crippen LogP contribution in [0.2, 0.25) is 5.02 Å². The molecule has 176 valence electrons. The fourth-order valence-corrected chi connectivity index (χ4v) is 3.89. The van der Waals surface area contributed by atoms with Gasteiger partial charge in [0, 0.05) is 10.7 Å². The van der Waals surface area contributed by atoms with Crippen LogP contribution in [-0.2, 0) is 16.2 Å². The van der Waals surface area contributed by atoms with Crippen molar-refractivity contribution in [3.63, 3.8) is 0 Å². The van der Waals surface area contributed by atoms with Crippen LogP contribution in [0.25, 0.3) is 0 Å². The molecule has 0 atom stereocenters. The Bertz CT molecular complexity index is 1200. The number of amides is 2. The van der Waals surface area contributed by atoms with Crippen LogP contribution in [0.15, 0.2) is 65.8 Å². The second-order valence-electron chi connectivity index (χ2n) is 7.29. The standard InChI is InChI=1S/C25H23ClIN3O4/c1-16-8-9-19(12-20(16)26)29-23(31)13-24(32)30-28-14-18-10-21(27)25(22(11-18)33-2)34-15-17-6-4-3-5-7-17/h3-12,14H,13,15H2,1-2H3,(H,29,31)(H,30,32). The molecular formula is C25H23ClIN3O4. The predicted molar refractivity (Wildman–Crippen MR) is 142 cm³/mol. The highest BCUT2D eigenvalue weighted by Crippen LogP contribution is 2.34. The highest BCUT2D eigenvalue weighted by molar-refractivity contribution is 14.1. The van der Waals surface area contributed by atoms with E-state index >= 15 is 0 Å². The van der Waals surface area contributed by atoms with Crippen LogP contribution in [0.5, 0.6) is 11.5 Å². The Hall–Kier alpha value is -3.11. The second kappa shape index (κ2) is 12.4. The Morgan fingerprint density at radius 2 is 1.85 bits per heavy atom. The molecule has 0 aliphatic carbocycles. The Balaban J connectivity index is 1.55. The first-order valence-electron chi connectivity index (χ1n) is 10.3. The molecule has 3 rings (SSSR count). The van der Waals surface area contributed by atoms with E-state index in [0.29, 0.717) is 34.4 Å². The number of ether oxygens (including phenoxy) is 2. The van der Waals surface area contributed by atoms with Crippen LogP contribution in [0, 0.1) is 10.5 Å². The van der Waals surface area contributed by atoms with E-state index in [-0.39, 0.29) is 6.42 Å². The minimum atomic E-state index is -0.545. The lowest BCUT2D eigenvalue weighted by molar-refractivity contribution is -0.126. The number of halogens is 2. The van der Waals surface area contributed by atoms with Crippen molar-refractivity contribution in [2.45, 2.75) is 20.0 Å². The molecule has 0 saturated carbocycles. The third kappa shape index (κ3) is 7.46. The minimum absolute atomic E-state index is 0.379. The van der Waals surface area contributed by atoms with Gasteiger partial charge in [0.2, 0.25) is 11.8 Å². The van der Waals surface area contributed by atoms with Gasteiger partial charge in [0.15, 0.2) is 11.5 Å². The van der Waals surface area contributed by atoms with Gasteiger partial charge in [-0.2, -0.15) is 5.10 Å². The summed E-state index contributed by atoms with van der Waals surface area (Å²) in [5.41, 5.74) is 5.52. The van der Waals surface area contributed by atoms with Crippen molar-refractivity contribution in [2.75, 3.05) is 12.4 Å². The number of aryl methyl sites for hydroxylation is 1. The van der Waals surface area contributed by atoms with Crippen LogP contribution < -0.4 is 20.2 Å². The zero-order chi connectivity index (χ0) is 24.5. The normalized spacial score (nSPS) is 10.7. The van der Waals surface area contributed by atoms with Gasteiger partial charge in [-0.15, -0.1) is 0 Å². The number of carbonyl (C=O) groups excluding carboxylic acids is 2. The number of benzene rings is 3. The van der Waals surface area contributed by atoms with Crippen molar-refractivity contribution in [3.05, 3.63) is 85.9 Å². The molecule has 0 radical (unpaired) electrons. The van der Waals surface area contributed by atoms with Gasteiger partial charge in [-0.3, -0.25) is 9.59 Å². The Morgan fingerprint density at radius 3 is 2.56 bits per heavy atom. The third-order valence-electron chi connectivity index (χ3n) is 4.66. The lowest BCUT2D eigenvalue weighted by Crippen LogP contribution is -2.24. The SMILES string of the molecule is COc1cc(C=NNC(=O)CC(=O)Nc2ccc(C)c(Cl)c2)cc(I)c1OCc1ccccc1. The zero-order valence-corrected chi connectivity index (χ0v) is 21.5. The number of nitrogens with one attached hydrogen (secondary N) is 2. The summed E-state index contributed by atoms with van der Waals surface area (Å²) in [5, 5.41) is 7.11. The van der Waals surface area contributed by atoms with E-state index < -0.39 is 11.8 Å². The maximum Gasteiger partial charge on any atom is 0.249 e. The first-order chi connectivity index (χ1) is 16.4. The minimum Gasteiger partial charge on any atom is -0.493 e. The first-order valence-corrected chi connectivity index (χ1v) is 11.7. The average molecular weight is 592 g/mol. The number of carbonyl (C=O) groups is 2. The molecular weight excluding hydrogens is 569 g/mol. The molecule has 0 fully saturated rings. The van der Waals surface area contributed by atoms with Crippen LogP contribution >= 0.6 is 34.2 Å². The quantitative estimate of drug-likeness (QED) is 0.153. The van der Waals surface area contributed by atoms with E-state index in [1.54, 1.807) is 31.4 Å². The average Bonchev–Trinajstić information content (AvgIpc) is 2.81. The van der Waals surface area contributed by atoms with Crippen molar-refractivity contribution < 1.29 is 19.1 Å². The van der Waals surface area contributed by atoms with E-state index in [9.17, 15) is 9.59 Å². The predicted octanol–water partition coefficient (Wildman–Crippen LogP) is 5.32. The summed E-state index contributed by atoms with van der Waals surface area (Å²) >= 11 is 8.21. The van der Waals surface area contributed by atoms with Crippen LogP contribution in [-0.4, -0.2) is 25.1 Å².